The van der Waals surface area contributed by atoms with Crippen LogP contribution in [0.3, 0.4) is 0 Å². The molecule has 2 aromatic rings. The predicted octanol–water partition coefficient (Wildman–Crippen LogP) is 4.00. The molecule has 0 radical (unpaired) electrons. The van der Waals surface area contributed by atoms with E-state index in [1.165, 1.54) is 6.08 Å². The van der Waals surface area contributed by atoms with Gasteiger partial charge in [-0.25, -0.2) is 0 Å². The minimum Gasteiger partial charge on any atom is -0.496 e. The maximum atomic E-state index is 12.1. The average molecular weight is 403 g/mol. The van der Waals surface area contributed by atoms with E-state index in [9.17, 15) is 4.79 Å². The third-order valence-corrected chi connectivity index (χ3v) is 3.93. The zero-order chi connectivity index (χ0) is 18.1. The number of aryl methyl sites for hydroxylation is 1. The van der Waals surface area contributed by atoms with Gasteiger partial charge >= 0.3 is 0 Å². The van der Waals surface area contributed by atoms with Crippen molar-refractivity contribution in [3.63, 3.8) is 0 Å². The molecule has 25 heavy (non-hydrogen) atoms. The molecule has 0 fully saturated rings. The van der Waals surface area contributed by atoms with Crippen LogP contribution in [0.25, 0.3) is 6.08 Å². The number of aromatic nitrogens is 2. The molecule has 6 nitrogen and oxygen atoms in total. The average Bonchev–Trinajstić information content (AvgIpc) is 3.04. The summed E-state index contributed by atoms with van der Waals surface area (Å²) < 4.78 is 7.94. The predicted molar refractivity (Wildman–Crippen MR) is 100 cm³/mol. The summed E-state index contributed by atoms with van der Waals surface area (Å²) >= 11 is 3.40. The van der Waals surface area contributed by atoms with Crippen molar-refractivity contribution in [3.8, 4) is 11.8 Å². The topological polar surface area (TPSA) is 79.9 Å². The summed E-state index contributed by atoms with van der Waals surface area (Å²) in [7, 11) is 1.59. The van der Waals surface area contributed by atoms with Gasteiger partial charge in [-0.1, -0.05) is 15.9 Å². The number of hydrogen-bond donors (Lipinski definition) is 1. The van der Waals surface area contributed by atoms with Gasteiger partial charge in [-0.05, 0) is 37.1 Å². The highest BCUT2D eigenvalue weighted by molar-refractivity contribution is 9.10. The molecule has 0 atom stereocenters. The van der Waals surface area contributed by atoms with Crippen LogP contribution in [0.5, 0.6) is 5.75 Å². The number of unbranched alkanes of at least 4 members (excludes halogenated alkanes) is 2. The Morgan fingerprint density at radius 2 is 2.32 bits per heavy atom. The molecule has 0 aliphatic heterocycles. The Balaban J connectivity index is 1.91. The number of anilines is 1. The summed E-state index contributed by atoms with van der Waals surface area (Å²) in [6.07, 6.45) is 8.81. The molecular weight excluding hydrogens is 384 g/mol. The fourth-order valence-corrected chi connectivity index (χ4v) is 2.59. The van der Waals surface area contributed by atoms with Crippen LogP contribution in [0.2, 0.25) is 0 Å². The van der Waals surface area contributed by atoms with Crippen LogP contribution in [0.15, 0.2) is 41.1 Å². The SMILES string of the molecule is COc1ccc(Br)cc1/C=C/C(=O)Nc1cnn(CCCCC#N)c1. The first-order chi connectivity index (χ1) is 12.1. The molecule has 2 rings (SSSR count). The van der Waals surface area contributed by atoms with Crippen LogP contribution in [0, 0.1) is 11.3 Å². The van der Waals surface area contributed by atoms with Crippen molar-refractivity contribution < 1.29 is 9.53 Å². The van der Waals surface area contributed by atoms with Gasteiger partial charge in [-0.3, -0.25) is 9.48 Å². The van der Waals surface area contributed by atoms with E-state index in [-0.39, 0.29) is 5.91 Å². The molecule has 1 aromatic heterocycles. The number of hydrogen-bond acceptors (Lipinski definition) is 4. The Kier molecular flexibility index (Phi) is 7.23. The summed E-state index contributed by atoms with van der Waals surface area (Å²) in [4.78, 5) is 12.1. The summed E-state index contributed by atoms with van der Waals surface area (Å²) in [5.41, 5.74) is 1.44. The second kappa shape index (κ2) is 9.64. The van der Waals surface area contributed by atoms with Gasteiger partial charge in [-0.15, -0.1) is 0 Å². The molecular formula is C18H19BrN4O2. The maximum absolute atomic E-state index is 12.1. The molecule has 0 aliphatic rings. The summed E-state index contributed by atoms with van der Waals surface area (Å²) in [6, 6.07) is 7.70. The molecule has 0 saturated carbocycles. The van der Waals surface area contributed by atoms with Gasteiger partial charge in [0.2, 0.25) is 5.91 Å². The van der Waals surface area contributed by atoms with Gasteiger partial charge in [0, 0.05) is 35.3 Å². The van der Waals surface area contributed by atoms with E-state index in [0.717, 1.165) is 29.4 Å². The Labute approximate surface area is 155 Å². The fraction of sp³-hybridized carbons (Fsp3) is 0.278. The zero-order valence-electron chi connectivity index (χ0n) is 13.9. The first kappa shape index (κ1) is 18.7. The van der Waals surface area contributed by atoms with Crippen LogP contribution in [-0.2, 0) is 11.3 Å². The van der Waals surface area contributed by atoms with Gasteiger partial charge in [0.15, 0.2) is 0 Å². The van der Waals surface area contributed by atoms with Crippen molar-refractivity contribution in [1.29, 1.82) is 5.26 Å². The third-order valence-electron chi connectivity index (χ3n) is 3.43. The molecule has 1 heterocycles. The van der Waals surface area contributed by atoms with E-state index in [1.54, 1.807) is 30.3 Å². The Morgan fingerprint density at radius 1 is 1.48 bits per heavy atom. The number of carbonyl (C=O) groups is 1. The van der Waals surface area contributed by atoms with E-state index in [2.05, 4.69) is 32.4 Å². The smallest absolute Gasteiger partial charge is 0.248 e. The van der Waals surface area contributed by atoms with Gasteiger partial charge in [-0.2, -0.15) is 10.4 Å². The van der Waals surface area contributed by atoms with E-state index >= 15 is 0 Å². The second-order valence-corrected chi connectivity index (χ2v) is 6.23. The van der Waals surface area contributed by atoms with E-state index < -0.39 is 0 Å². The number of halogens is 1. The van der Waals surface area contributed by atoms with Crippen molar-refractivity contribution >= 4 is 33.6 Å². The number of amides is 1. The number of benzene rings is 1. The van der Waals surface area contributed by atoms with Crippen molar-refractivity contribution in [1.82, 2.24) is 9.78 Å². The largest absolute Gasteiger partial charge is 0.496 e. The molecule has 1 amide bonds. The molecule has 0 aliphatic carbocycles. The molecule has 130 valence electrons. The minimum atomic E-state index is -0.244. The van der Waals surface area contributed by atoms with Gasteiger partial charge < -0.3 is 10.1 Å². The number of nitrogens with zero attached hydrogens (tertiary/aromatic N) is 3. The standard InChI is InChI=1S/C18H19BrN4O2/c1-25-17-7-6-15(19)11-14(17)5-8-18(24)22-16-12-21-23(13-16)10-4-2-3-9-20/h5-8,11-13H,2-4,10H2,1H3,(H,22,24)/b8-5+. The molecule has 0 unspecified atom stereocenters. The molecule has 0 saturated heterocycles. The molecule has 0 spiro atoms. The monoisotopic (exact) mass is 402 g/mol. The highest BCUT2D eigenvalue weighted by Crippen LogP contribution is 2.24. The van der Waals surface area contributed by atoms with Crippen LogP contribution in [0.1, 0.15) is 24.8 Å². The number of nitrogens with one attached hydrogen (secondary N) is 1. The number of rotatable bonds is 8. The number of carbonyl (C=O) groups excluding carboxylic acids is 1. The van der Waals surface area contributed by atoms with E-state index in [0.29, 0.717) is 17.9 Å². The van der Waals surface area contributed by atoms with Gasteiger partial charge in [0.1, 0.15) is 5.75 Å². The Hall–Kier alpha value is -2.59. The summed E-state index contributed by atoms with van der Waals surface area (Å²) in [6.45, 7) is 0.725. The highest BCUT2D eigenvalue weighted by atomic mass is 79.9. The quantitative estimate of drug-likeness (QED) is 0.534. The number of methoxy groups -OCH3 is 1. The lowest BCUT2D eigenvalue weighted by Gasteiger charge is -2.05. The van der Waals surface area contributed by atoms with E-state index in [1.807, 2.05) is 18.2 Å². The Bertz CT molecular complexity index is 793. The lowest BCUT2D eigenvalue weighted by molar-refractivity contribution is -0.111. The van der Waals surface area contributed by atoms with Crippen molar-refractivity contribution in [3.05, 3.63) is 46.7 Å². The second-order valence-electron chi connectivity index (χ2n) is 5.32. The zero-order valence-corrected chi connectivity index (χ0v) is 15.5. The lowest BCUT2D eigenvalue weighted by atomic mass is 10.2. The lowest BCUT2D eigenvalue weighted by Crippen LogP contribution is -2.07. The van der Waals surface area contributed by atoms with Crippen LogP contribution < -0.4 is 10.1 Å². The molecule has 1 N–H and O–H groups in total. The van der Waals surface area contributed by atoms with Gasteiger partial charge in [0.05, 0.1) is 25.1 Å². The number of nitriles is 1. The number of ether oxygens (including phenoxy) is 1. The molecule has 0 bridgehead atoms. The molecule has 7 heteroatoms. The fourth-order valence-electron chi connectivity index (χ4n) is 2.21. The van der Waals surface area contributed by atoms with Gasteiger partial charge in [0.25, 0.3) is 0 Å². The first-order valence-electron chi connectivity index (χ1n) is 7.84. The van der Waals surface area contributed by atoms with E-state index in [4.69, 9.17) is 10.00 Å². The minimum absolute atomic E-state index is 0.244. The van der Waals surface area contributed by atoms with Crippen molar-refractivity contribution in [2.75, 3.05) is 12.4 Å². The highest BCUT2D eigenvalue weighted by Gasteiger charge is 2.04. The summed E-state index contributed by atoms with van der Waals surface area (Å²) in [5.74, 6) is 0.448. The maximum Gasteiger partial charge on any atom is 0.248 e. The van der Waals surface area contributed by atoms with Crippen molar-refractivity contribution in [2.45, 2.75) is 25.8 Å². The third kappa shape index (κ3) is 6.08. The normalized spacial score (nSPS) is 10.6. The van der Waals surface area contributed by atoms with Crippen LogP contribution >= 0.6 is 15.9 Å². The van der Waals surface area contributed by atoms with Crippen molar-refractivity contribution in [2.24, 2.45) is 0 Å². The van der Waals surface area contributed by atoms with Crippen LogP contribution in [-0.4, -0.2) is 22.8 Å². The van der Waals surface area contributed by atoms with Crippen LogP contribution in [0.4, 0.5) is 5.69 Å². The molecule has 1 aromatic carbocycles. The Morgan fingerprint density at radius 3 is 3.08 bits per heavy atom. The summed E-state index contributed by atoms with van der Waals surface area (Å²) in [5, 5.41) is 15.5. The first-order valence-corrected chi connectivity index (χ1v) is 8.63.